The normalized spacial score (nSPS) is 17.4. The highest BCUT2D eigenvalue weighted by Crippen LogP contribution is 2.26. The number of benzene rings is 1. The van der Waals surface area contributed by atoms with E-state index < -0.39 is 0 Å². The zero-order valence-corrected chi connectivity index (χ0v) is 16.5. The van der Waals surface area contributed by atoms with Gasteiger partial charge in [0.15, 0.2) is 0 Å². The molecule has 0 bridgehead atoms. The summed E-state index contributed by atoms with van der Waals surface area (Å²) >= 11 is 0. The number of piperidine rings is 1. The van der Waals surface area contributed by atoms with Crippen LogP contribution < -0.4 is 10.2 Å². The average molecular weight is 347 g/mol. The van der Waals surface area contributed by atoms with Crippen molar-refractivity contribution >= 4 is 11.7 Å². The van der Waals surface area contributed by atoms with Crippen LogP contribution in [0.4, 0.5) is 5.69 Å². The Bertz CT molecular complexity index is 540. The quantitative estimate of drug-likeness (QED) is 0.794. The molecular weight excluding hydrogens is 312 g/mol. The first kappa shape index (κ1) is 19.8. The van der Waals surface area contributed by atoms with Gasteiger partial charge in [-0.15, -0.1) is 0 Å². The van der Waals surface area contributed by atoms with E-state index in [-0.39, 0.29) is 17.4 Å². The summed E-state index contributed by atoms with van der Waals surface area (Å²) in [5.41, 5.74) is 2.86. The van der Waals surface area contributed by atoms with Crippen LogP contribution in [-0.2, 0) is 14.9 Å². The van der Waals surface area contributed by atoms with E-state index in [2.05, 4.69) is 62.2 Å². The van der Waals surface area contributed by atoms with E-state index in [1.54, 1.807) is 0 Å². The van der Waals surface area contributed by atoms with Gasteiger partial charge in [-0.1, -0.05) is 46.2 Å². The third-order valence-electron chi connectivity index (χ3n) is 5.09. The fourth-order valence-electron chi connectivity index (χ4n) is 3.46. The predicted molar refractivity (Wildman–Crippen MR) is 104 cm³/mol. The maximum atomic E-state index is 11.9. The Hall–Kier alpha value is -1.55. The van der Waals surface area contributed by atoms with Gasteiger partial charge in [0.1, 0.15) is 6.04 Å². The van der Waals surface area contributed by atoms with Crippen LogP contribution in [0.15, 0.2) is 24.3 Å². The number of esters is 1. The molecule has 0 aliphatic carbocycles. The molecule has 1 fully saturated rings. The molecule has 0 radical (unpaired) electrons. The van der Waals surface area contributed by atoms with E-state index in [4.69, 9.17) is 4.74 Å². The summed E-state index contributed by atoms with van der Waals surface area (Å²) in [5.74, 6) is -0.137. The van der Waals surface area contributed by atoms with E-state index >= 15 is 0 Å². The number of nitrogens with zero attached hydrogens (tertiary/aromatic N) is 1. The number of methoxy groups -OCH3 is 1. The van der Waals surface area contributed by atoms with Crippen LogP contribution >= 0.6 is 0 Å². The van der Waals surface area contributed by atoms with Gasteiger partial charge in [0.25, 0.3) is 0 Å². The Morgan fingerprint density at radius 2 is 1.84 bits per heavy atom. The largest absolute Gasteiger partial charge is 0.468 e. The van der Waals surface area contributed by atoms with Crippen molar-refractivity contribution in [2.24, 2.45) is 0 Å². The van der Waals surface area contributed by atoms with Gasteiger partial charge in [0.05, 0.1) is 7.11 Å². The summed E-state index contributed by atoms with van der Waals surface area (Å²) in [6.45, 7) is 10.9. The van der Waals surface area contributed by atoms with E-state index in [1.807, 2.05) is 0 Å². The Kier molecular flexibility index (Phi) is 6.88. The van der Waals surface area contributed by atoms with E-state index in [0.717, 1.165) is 38.8 Å². The van der Waals surface area contributed by atoms with Crippen molar-refractivity contribution in [1.29, 1.82) is 0 Å². The van der Waals surface area contributed by atoms with Gasteiger partial charge in [-0.3, -0.25) is 4.79 Å². The third-order valence-corrected chi connectivity index (χ3v) is 5.09. The molecule has 1 saturated heterocycles. The van der Waals surface area contributed by atoms with Crippen LogP contribution in [-0.4, -0.2) is 38.3 Å². The lowest BCUT2D eigenvalue weighted by Gasteiger charge is -2.35. The Morgan fingerprint density at radius 1 is 1.24 bits per heavy atom. The first-order valence-corrected chi connectivity index (χ1v) is 9.54. The summed E-state index contributed by atoms with van der Waals surface area (Å²) in [6, 6.07) is 9.19. The lowest BCUT2D eigenvalue weighted by molar-refractivity contribution is -0.143. The number of anilines is 1. The number of hydrogen-bond donors (Lipinski definition) is 1. The van der Waals surface area contributed by atoms with Crippen molar-refractivity contribution < 1.29 is 9.53 Å². The van der Waals surface area contributed by atoms with Crippen molar-refractivity contribution in [2.45, 2.75) is 70.9 Å². The summed E-state index contributed by atoms with van der Waals surface area (Å²) in [6.07, 6.45) is 3.92. The topological polar surface area (TPSA) is 41.6 Å². The van der Waals surface area contributed by atoms with Crippen LogP contribution in [0.5, 0.6) is 0 Å². The van der Waals surface area contributed by atoms with Crippen LogP contribution in [0, 0.1) is 0 Å². The molecule has 1 N–H and O–H groups in total. The fourth-order valence-corrected chi connectivity index (χ4v) is 3.46. The Morgan fingerprint density at radius 3 is 2.32 bits per heavy atom. The molecule has 1 aliphatic heterocycles. The molecule has 1 aromatic carbocycles. The minimum Gasteiger partial charge on any atom is -0.468 e. The molecule has 0 aromatic heterocycles. The molecule has 0 spiro atoms. The zero-order chi connectivity index (χ0) is 18.4. The van der Waals surface area contributed by atoms with Gasteiger partial charge < -0.3 is 15.0 Å². The maximum Gasteiger partial charge on any atom is 0.322 e. The second kappa shape index (κ2) is 8.70. The lowest BCUT2D eigenvalue weighted by Crippen LogP contribution is -2.49. The molecule has 140 valence electrons. The average Bonchev–Trinajstić information content (AvgIpc) is 2.60. The van der Waals surface area contributed by atoms with E-state index in [9.17, 15) is 4.79 Å². The van der Waals surface area contributed by atoms with Gasteiger partial charge in [-0.25, -0.2) is 0 Å². The zero-order valence-electron chi connectivity index (χ0n) is 16.5. The first-order valence-electron chi connectivity index (χ1n) is 9.54. The summed E-state index contributed by atoms with van der Waals surface area (Å²) in [5, 5.41) is 3.51. The van der Waals surface area contributed by atoms with Crippen molar-refractivity contribution in [3.63, 3.8) is 0 Å². The second-order valence-corrected chi connectivity index (χ2v) is 8.09. The first-order chi connectivity index (χ1) is 11.8. The van der Waals surface area contributed by atoms with E-state index in [1.165, 1.54) is 18.4 Å². The number of carbonyl (C=O) groups excluding carboxylic acids is 1. The van der Waals surface area contributed by atoms with Crippen LogP contribution in [0.3, 0.4) is 0 Å². The van der Waals surface area contributed by atoms with Crippen molar-refractivity contribution in [3.05, 3.63) is 29.8 Å². The predicted octanol–water partition coefficient (Wildman–Crippen LogP) is 3.88. The van der Waals surface area contributed by atoms with Gasteiger partial charge >= 0.3 is 5.97 Å². The number of carbonyl (C=O) groups is 1. The van der Waals surface area contributed by atoms with Crippen LogP contribution in [0.1, 0.15) is 58.9 Å². The molecule has 0 amide bonds. The summed E-state index contributed by atoms with van der Waals surface area (Å²) < 4.78 is 4.92. The van der Waals surface area contributed by atoms with Crippen molar-refractivity contribution in [1.82, 2.24) is 5.32 Å². The van der Waals surface area contributed by atoms with Gasteiger partial charge in [-0.2, -0.15) is 0 Å². The van der Waals surface area contributed by atoms with Gasteiger partial charge in [-0.05, 0) is 42.4 Å². The van der Waals surface area contributed by atoms with E-state index in [0.29, 0.717) is 6.04 Å². The molecule has 25 heavy (non-hydrogen) atoms. The van der Waals surface area contributed by atoms with Crippen LogP contribution in [0.2, 0.25) is 0 Å². The maximum absolute atomic E-state index is 11.9. The Labute approximate surface area is 152 Å². The molecule has 0 saturated carbocycles. The molecule has 1 aromatic rings. The highest BCUT2D eigenvalue weighted by molar-refractivity contribution is 5.75. The molecule has 1 heterocycles. The van der Waals surface area contributed by atoms with Crippen molar-refractivity contribution in [2.75, 3.05) is 25.1 Å². The summed E-state index contributed by atoms with van der Waals surface area (Å²) in [4.78, 5) is 14.3. The standard InChI is InChI=1S/C21H34N2O2/c1-6-7-19(20(24)25-5)22-17-12-14-23(15-13-17)18-10-8-16(9-11-18)21(2,3)4/h8-11,17,19,22H,6-7,12-15H2,1-5H3. The molecular formula is C21H34N2O2. The molecule has 1 unspecified atom stereocenters. The van der Waals surface area contributed by atoms with Crippen molar-refractivity contribution in [3.8, 4) is 0 Å². The highest BCUT2D eigenvalue weighted by atomic mass is 16.5. The molecule has 4 nitrogen and oxygen atoms in total. The molecule has 2 rings (SSSR count). The molecule has 1 atom stereocenters. The Balaban J connectivity index is 1.89. The molecule has 1 aliphatic rings. The summed E-state index contributed by atoms with van der Waals surface area (Å²) in [7, 11) is 1.47. The fraction of sp³-hybridized carbons (Fsp3) is 0.667. The van der Waals surface area contributed by atoms with Crippen LogP contribution in [0.25, 0.3) is 0 Å². The highest BCUT2D eigenvalue weighted by Gasteiger charge is 2.25. The molecule has 4 heteroatoms. The number of ether oxygens (including phenoxy) is 1. The smallest absolute Gasteiger partial charge is 0.322 e. The number of nitrogens with one attached hydrogen (secondary N) is 1. The minimum atomic E-state index is -0.169. The van der Waals surface area contributed by atoms with Gasteiger partial charge in [0.2, 0.25) is 0 Å². The second-order valence-electron chi connectivity index (χ2n) is 8.09. The third kappa shape index (κ3) is 5.46. The monoisotopic (exact) mass is 346 g/mol. The minimum absolute atomic E-state index is 0.137. The SMILES string of the molecule is CCCC(NC1CCN(c2ccc(C(C)(C)C)cc2)CC1)C(=O)OC. The lowest BCUT2D eigenvalue weighted by atomic mass is 9.87. The number of hydrogen-bond acceptors (Lipinski definition) is 4. The number of rotatable bonds is 6. The van der Waals surface area contributed by atoms with Gasteiger partial charge in [0, 0.05) is 24.8 Å².